The molecule has 6 nitrogen and oxygen atoms in total. The standard InChI is InChI=1S/C77H130O6/c1-4-7-10-13-16-19-22-25-28-30-32-33-34-35-36-37-38-39-40-41-42-43-44-45-46-48-49-52-55-58-61-64-67-70-76(79)82-73-74(72-81-75(78)69-66-63-60-57-54-51-27-24-21-18-15-12-9-6-3)83-77(80)71-68-65-62-59-56-53-50-47-31-29-26-23-20-17-14-11-8-5-2/h7,10,16,19,25,28,32-33,35-36,38-39,41-42,44-45,48-49,55,58,74H,4-6,8-9,11-15,17-18,20-24,26-27,29-31,34,37,40,43,46-47,50-54,56-57,59-73H2,1-3H3/b10-7-,19-16-,28-25-,33-32-,36-35-,39-38-,42-41-,45-44-,49-48-,58-55-. The normalized spacial score (nSPS) is 12.9. The van der Waals surface area contributed by atoms with Gasteiger partial charge in [-0.3, -0.25) is 14.4 Å². The molecule has 1 unspecified atom stereocenters. The molecule has 6 heteroatoms. The second-order valence-electron chi connectivity index (χ2n) is 23.1. The molecule has 0 aromatic rings. The molecule has 0 aromatic heterocycles. The van der Waals surface area contributed by atoms with Crippen LogP contribution in [-0.2, 0) is 28.6 Å². The summed E-state index contributed by atoms with van der Waals surface area (Å²) < 4.78 is 16.9. The van der Waals surface area contributed by atoms with Crippen molar-refractivity contribution < 1.29 is 28.6 Å². The Balaban J connectivity index is 4.37. The molecule has 0 saturated heterocycles. The molecule has 83 heavy (non-hydrogen) atoms. The third-order valence-electron chi connectivity index (χ3n) is 15.0. The molecule has 1 atom stereocenters. The zero-order valence-corrected chi connectivity index (χ0v) is 54.4. The van der Waals surface area contributed by atoms with E-state index in [1.807, 2.05) is 0 Å². The molecule has 0 spiro atoms. The number of allylic oxidation sites excluding steroid dienone is 20. The molecule has 0 amide bonds. The molecule has 474 valence electrons. The highest BCUT2D eigenvalue weighted by Gasteiger charge is 2.19. The number of hydrogen-bond donors (Lipinski definition) is 0. The molecule has 0 fully saturated rings. The Hall–Kier alpha value is -4.19. The Bertz CT molecular complexity index is 1700. The zero-order valence-electron chi connectivity index (χ0n) is 54.4. The second-order valence-corrected chi connectivity index (χ2v) is 23.1. The first-order valence-electron chi connectivity index (χ1n) is 35.0. The van der Waals surface area contributed by atoms with E-state index in [1.54, 1.807) is 0 Å². The van der Waals surface area contributed by atoms with Gasteiger partial charge in [0, 0.05) is 19.3 Å². The molecule has 0 aliphatic rings. The number of ether oxygens (including phenoxy) is 3. The van der Waals surface area contributed by atoms with Gasteiger partial charge >= 0.3 is 17.9 Å². The maximum atomic E-state index is 12.9. The second kappa shape index (κ2) is 70.3. The summed E-state index contributed by atoms with van der Waals surface area (Å²) in [6.07, 6.45) is 97.9. The Morgan fingerprint density at radius 2 is 0.470 bits per heavy atom. The molecule has 0 aliphatic heterocycles. The lowest BCUT2D eigenvalue weighted by Gasteiger charge is -2.18. The Labute approximate surface area is 513 Å². The number of carbonyl (C=O) groups excluding carboxylic acids is 3. The van der Waals surface area contributed by atoms with Crippen molar-refractivity contribution in [3.8, 4) is 0 Å². The average molecular weight is 1150 g/mol. The van der Waals surface area contributed by atoms with Gasteiger partial charge in [0.15, 0.2) is 6.10 Å². The molecule has 0 bridgehead atoms. The van der Waals surface area contributed by atoms with E-state index in [2.05, 4.69) is 142 Å². The predicted octanol–water partition coefficient (Wildman–Crippen LogP) is 24.3. The maximum Gasteiger partial charge on any atom is 0.306 e. The van der Waals surface area contributed by atoms with Crippen LogP contribution in [0.15, 0.2) is 122 Å². The van der Waals surface area contributed by atoms with Crippen molar-refractivity contribution in [1.82, 2.24) is 0 Å². The van der Waals surface area contributed by atoms with Gasteiger partial charge < -0.3 is 14.2 Å². The van der Waals surface area contributed by atoms with Crippen molar-refractivity contribution in [2.24, 2.45) is 0 Å². The fraction of sp³-hybridized carbons (Fsp3) is 0.701. The summed E-state index contributed by atoms with van der Waals surface area (Å²) >= 11 is 0. The molecular weight excluding hydrogens is 1020 g/mol. The largest absolute Gasteiger partial charge is 0.462 e. The van der Waals surface area contributed by atoms with Crippen LogP contribution < -0.4 is 0 Å². The van der Waals surface area contributed by atoms with Crippen LogP contribution in [0.5, 0.6) is 0 Å². The van der Waals surface area contributed by atoms with Crippen LogP contribution in [0.3, 0.4) is 0 Å². The minimum atomic E-state index is -0.796. The molecule has 0 radical (unpaired) electrons. The van der Waals surface area contributed by atoms with E-state index in [0.717, 1.165) is 122 Å². The van der Waals surface area contributed by atoms with Crippen LogP contribution in [-0.4, -0.2) is 37.2 Å². The highest BCUT2D eigenvalue weighted by Crippen LogP contribution is 2.17. The lowest BCUT2D eigenvalue weighted by atomic mass is 10.0. The molecular formula is C77H130O6. The molecule has 0 aromatic carbocycles. The summed E-state index contributed by atoms with van der Waals surface area (Å²) in [6.45, 7) is 6.53. The van der Waals surface area contributed by atoms with Crippen molar-refractivity contribution in [1.29, 1.82) is 0 Å². The van der Waals surface area contributed by atoms with E-state index in [1.165, 1.54) is 167 Å². The van der Waals surface area contributed by atoms with Gasteiger partial charge in [-0.25, -0.2) is 0 Å². The van der Waals surface area contributed by atoms with E-state index >= 15 is 0 Å². The predicted molar refractivity (Wildman–Crippen MR) is 362 cm³/mol. The van der Waals surface area contributed by atoms with Crippen LogP contribution in [0.4, 0.5) is 0 Å². The summed E-state index contributed by atoms with van der Waals surface area (Å²) in [5.74, 6) is -0.920. The van der Waals surface area contributed by atoms with Gasteiger partial charge in [0.1, 0.15) is 13.2 Å². The molecule has 0 N–H and O–H groups in total. The monoisotopic (exact) mass is 1150 g/mol. The minimum absolute atomic E-state index is 0.0885. The molecule has 0 rings (SSSR count). The quantitative estimate of drug-likeness (QED) is 0.0261. The van der Waals surface area contributed by atoms with Crippen LogP contribution in [0, 0.1) is 0 Å². The Morgan fingerprint density at radius 1 is 0.253 bits per heavy atom. The van der Waals surface area contributed by atoms with E-state index in [-0.39, 0.29) is 31.1 Å². The summed E-state index contributed by atoms with van der Waals surface area (Å²) in [5, 5.41) is 0. The number of hydrogen-bond acceptors (Lipinski definition) is 6. The average Bonchev–Trinajstić information content (AvgIpc) is 3.49. The number of carbonyl (C=O) groups is 3. The van der Waals surface area contributed by atoms with Gasteiger partial charge in [-0.05, 0) is 96.3 Å². The maximum absolute atomic E-state index is 12.9. The van der Waals surface area contributed by atoms with Crippen LogP contribution in [0.25, 0.3) is 0 Å². The zero-order chi connectivity index (χ0) is 59.9. The van der Waals surface area contributed by atoms with E-state index in [9.17, 15) is 14.4 Å². The summed E-state index contributed by atoms with van der Waals surface area (Å²) in [6, 6.07) is 0. The third kappa shape index (κ3) is 68.5. The number of unbranched alkanes of at least 4 members (excludes halogenated alkanes) is 32. The smallest absolute Gasteiger partial charge is 0.306 e. The molecule has 0 saturated carbocycles. The van der Waals surface area contributed by atoms with Gasteiger partial charge in [0.25, 0.3) is 0 Å². The van der Waals surface area contributed by atoms with E-state index < -0.39 is 6.10 Å². The Morgan fingerprint density at radius 3 is 0.735 bits per heavy atom. The van der Waals surface area contributed by atoms with Crippen LogP contribution in [0.1, 0.15) is 329 Å². The summed E-state index contributed by atoms with van der Waals surface area (Å²) in [4.78, 5) is 38.4. The first-order chi connectivity index (χ1) is 41.0. The minimum Gasteiger partial charge on any atom is -0.462 e. The van der Waals surface area contributed by atoms with Gasteiger partial charge in [-0.15, -0.1) is 0 Å². The fourth-order valence-corrected chi connectivity index (χ4v) is 9.77. The van der Waals surface area contributed by atoms with Crippen molar-refractivity contribution in [3.05, 3.63) is 122 Å². The first kappa shape index (κ1) is 78.8. The lowest BCUT2D eigenvalue weighted by Crippen LogP contribution is -2.30. The van der Waals surface area contributed by atoms with E-state index in [4.69, 9.17) is 14.2 Å². The van der Waals surface area contributed by atoms with Crippen molar-refractivity contribution in [2.75, 3.05) is 13.2 Å². The van der Waals surface area contributed by atoms with Crippen molar-refractivity contribution >= 4 is 17.9 Å². The van der Waals surface area contributed by atoms with Crippen LogP contribution >= 0.6 is 0 Å². The topological polar surface area (TPSA) is 78.9 Å². The van der Waals surface area contributed by atoms with Crippen molar-refractivity contribution in [3.63, 3.8) is 0 Å². The van der Waals surface area contributed by atoms with E-state index in [0.29, 0.717) is 19.3 Å². The number of rotatable bonds is 63. The highest BCUT2D eigenvalue weighted by atomic mass is 16.6. The van der Waals surface area contributed by atoms with Gasteiger partial charge in [-0.1, -0.05) is 335 Å². The summed E-state index contributed by atoms with van der Waals surface area (Å²) in [7, 11) is 0. The highest BCUT2D eigenvalue weighted by molar-refractivity contribution is 5.71. The lowest BCUT2D eigenvalue weighted by molar-refractivity contribution is -0.167. The molecule has 0 heterocycles. The molecule has 0 aliphatic carbocycles. The SMILES string of the molecule is CC/C=C\C/C=C\C/C=C\C/C=C\C/C=C\C/C=C\C/C=C\C/C=C\C/C=C\C/C=C\CCCCC(=O)OCC(COC(=O)CCCCCCCCCCCCCCCC)OC(=O)CCCCCCCCCCCCCCCCCCCC. The van der Waals surface area contributed by atoms with Crippen molar-refractivity contribution in [2.45, 2.75) is 335 Å². The fourth-order valence-electron chi connectivity index (χ4n) is 9.77. The Kier molecular flexibility index (Phi) is 66.7. The van der Waals surface area contributed by atoms with Gasteiger partial charge in [0.05, 0.1) is 0 Å². The summed E-state index contributed by atoms with van der Waals surface area (Å²) in [5.41, 5.74) is 0. The third-order valence-corrected chi connectivity index (χ3v) is 15.0. The van der Waals surface area contributed by atoms with Gasteiger partial charge in [-0.2, -0.15) is 0 Å². The van der Waals surface area contributed by atoms with Crippen LogP contribution in [0.2, 0.25) is 0 Å². The first-order valence-corrected chi connectivity index (χ1v) is 35.0. The number of esters is 3. The van der Waals surface area contributed by atoms with Gasteiger partial charge in [0.2, 0.25) is 0 Å².